The lowest BCUT2D eigenvalue weighted by atomic mass is 9.81. The molecule has 0 spiro atoms. The Bertz CT molecular complexity index is 656. The first-order valence-corrected chi connectivity index (χ1v) is 9.94. The lowest BCUT2D eigenvalue weighted by Crippen LogP contribution is -2.44. The van der Waals surface area contributed by atoms with Gasteiger partial charge in [-0.25, -0.2) is 25.4 Å². The molecule has 122 valence electrons. The van der Waals surface area contributed by atoms with Crippen molar-refractivity contribution in [2.75, 3.05) is 32.4 Å². The second-order valence-corrected chi connectivity index (χ2v) is 10.6. The van der Waals surface area contributed by atoms with Gasteiger partial charge in [0.25, 0.3) is 0 Å². The fourth-order valence-electron chi connectivity index (χ4n) is 3.02. The lowest BCUT2D eigenvalue weighted by Gasteiger charge is -2.25. The summed E-state index contributed by atoms with van der Waals surface area (Å²) in [4.78, 5) is 11.7. The quantitative estimate of drug-likeness (QED) is 0.703. The Morgan fingerprint density at radius 1 is 1.14 bits per heavy atom. The Hall–Kier alpha value is -0.710. The minimum Gasteiger partial charge on any atom is -0.481 e. The molecule has 0 aliphatic carbocycles. The van der Waals surface area contributed by atoms with E-state index in [1.165, 1.54) is 4.31 Å². The maximum absolute atomic E-state index is 12.2. The Morgan fingerprint density at radius 2 is 1.62 bits per heavy atom. The van der Waals surface area contributed by atoms with Crippen LogP contribution < -0.4 is 0 Å². The SMILES string of the molecule is CC(C)S(=O)(=O)N1C[C@@H]2CN(S(C)(=O)=O)C[C@]2(C(=O)O)C1. The zero-order chi connectivity index (χ0) is 16.2. The second kappa shape index (κ2) is 4.90. The molecule has 0 unspecified atom stereocenters. The van der Waals surface area contributed by atoms with Gasteiger partial charge in [-0.1, -0.05) is 0 Å². The summed E-state index contributed by atoms with van der Waals surface area (Å²) in [5, 5.41) is 8.91. The smallest absolute Gasteiger partial charge is 0.312 e. The molecule has 2 rings (SSSR count). The third-order valence-electron chi connectivity index (χ3n) is 4.40. The summed E-state index contributed by atoms with van der Waals surface area (Å²) in [7, 11) is -7.02. The molecule has 0 saturated carbocycles. The number of nitrogens with zero attached hydrogens (tertiary/aromatic N) is 2. The van der Waals surface area contributed by atoms with Crippen molar-refractivity contribution in [3.05, 3.63) is 0 Å². The van der Waals surface area contributed by atoms with Crippen LogP contribution in [0.3, 0.4) is 0 Å². The molecule has 2 aliphatic heterocycles. The first-order valence-electron chi connectivity index (χ1n) is 6.59. The van der Waals surface area contributed by atoms with E-state index in [4.69, 9.17) is 0 Å². The van der Waals surface area contributed by atoms with Crippen LogP contribution in [-0.2, 0) is 24.8 Å². The van der Waals surface area contributed by atoms with Crippen molar-refractivity contribution in [2.24, 2.45) is 11.3 Å². The van der Waals surface area contributed by atoms with Crippen LogP contribution in [0.25, 0.3) is 0 Å². The summed E-state index contributed by atoms with van der Waals surface area (Å²) in [6, 6.07) is 0. The number of hydrogen-bond acceptors (Lipinski definition) is 5. The fraction of sp³-hybridized carbons (Fsp3) is 0.909. The van der Waals surface area contributed by atoms with E-state index < -0.39 is 42.6 Å². The van der Waals surface area contributed by atoms with Crippen LogP contribution in [0, 0.1) is 11.3 Å². The molecule has 0 radical (unpaired) electrons. The predicted molar refractivity (Wildman–Crippen MR) is 75.6 cm³/mol. The molecule has 2 aliphatic rings. The van der Waals surface area contributed by atoms with Crippen molar-refractivity contribution in [3.63, 3.8) is 0 Å². The third-order valence-corrected chi connectivity index (χ3v) is 7.80. The first-order chi connectivity index (χ1) is 9.41. The van der Waals surface area contributed by atoms with Gasteiger partial charge in [-0.2, -0.15) is 0 Å². The molecule has 8 nitrogen and oxygen atoms in total. The molecule has 2 heterocycles. The largest absolute Gasteiger partial charge is 0.481 e. The maximum atomic E-state index is 12.2. The predicted octanol–water partition coefficient (Wildman–Crippen LogP) is -0.997. The van der Waals surface area contributed by atoms with Crippen molar-refractivity contribution < 1.29 is 26.7 Å². The highest BCUT2D eigenvalue weighted by molar-refractivity contribution is 7.89. The Morgan fingerprint density at radius 3 is 2.00 bits per heavy atom. The Labute approximate surface area is 124 Å². The van der Waals surface area contributed by atoms with Gasteiger partial charge in [0.2, 0.25) is 20.0 Å². The highest BCUT2D eigenvalue weighted by Crippen LogP contribution is 2.44. The van der Waals surface area contributed by atoms with Crippen LogP contribution in [0.15, 0.2) is 0 Å². The number of carbonyl (C=O) groups is 1. The molecule has 0 aromatic rings. The molecule has 0 aromatic heterocycles. The fourth-order valence-corrected chi connectivity index (χ4v) is 5.33. The van der Waals surface area contributed by atoms with Crippen LogP contribution in [0.4, 0.5) is 0 Å². The molecule has 10 heteroatoms. The average molecular weight is 340 g/mol. The van der Waals surface area contributed by atoms with Crippen molar-refractivity contribution in [2.45, 2.75) is 19.1 Å². The third kappa shape index (κ3) is 2.58. The molecule has 2 atom stereocenters. The standard InChI is InChI=1S/C11H20N2O6S2/c1-8(2)21(18,19)13-5-9-4-12(20(3,16)17)6-11(9,7-13)10(14)15/h8-9H,4-7H2,1-3H3,(H,14,15)/t9-,11-/m0/s1. The number of rotatable bonds is 4. The van der Waals surface area contributed by atoms with E-state index in [0.717, 1.165) is 10.6 Å². The summed E-state index contributed by atoms with van der Waals surface area (Å²) < 4.78 is 50.0. The van der Waals surface area contributed by atoms with E-state index in [1.807, 2.05) is 0 Å². The van der Waals surface area contributed by atoms with Crippen molar-refractivity contribution in [3.8, 4) is 0 Å². The van der Waals surface area contributed by atoms with Crippen LogP contribution in [0.2, 0.25) is 0 Å². The highest BCUT2D eigenvalue weighted by Gasteiger charge is 2.61. The van der Waals surface area contributed by atoms with Crippen LogP contribution in [0.1, 0.15) is 13.8 Å². The summed E-state index contributed by atoms with van der Waals surface area (Å²) in [5.41, 5.74) is -1.34. The molecule has 0 amide bonds. The van der Waals surface area contributed by atoms with Gasteiger partial charge in [-0.05, 0) is 13.8 Å². The van der Waals surface area contributed by atoms with Gasteiger partial charge in [0, 0.05) is 32.1 Å². The summed E-state index contributed by atoms with van der Waals surface area (Å²) >= 11 is 0. The topological polar surface area (TPSA) is 112 Å². The number of fused-ring (bicyclic) bond motifs is 1. The molecule has 21 heavy (non-hydrogen) atoms. The van der Waals surface area contributed by atoms with Gasteiger partial charge in [0.15, 0.2) is 0 Å². The summed E-state index contributed by atoms with van der Waals surface area (Å²) in [6.45, 7) is 2.85. The second-order valence-electron chi connectivity index (χ2n) is 6.10. The van der Waals surface area contributed by atoms with E-state index >= 15 is 0 Å². The van der Waals surface area contributed by atoms with Crippen molar-refractivity contribution in [1.82, 2.24) is 8.61 Å². The summed E-state index contributed by atoms with van der Waals surface area (Å²) in [5.74, 6) is -1.65. The minimum atomic E-state index is -3.54. The van der Waals surface area contributed by atoms with Crippen molar-refractivity contribution in [1.29, 1.82) is 0 Å². The van der Waals surface area contributed by atoms with Crippen LogP contribution in [-0.4, -0.2) is 74.2 Å². The molecule has 2 saturated heterocycles. The maximum Gasteiger partial charge on any atom is 0.312 e. The van der Waals surface area contributed by atoms with Gasteiger partial charge >= 0.3 is 5.97 Å². The van der Waals surface area contributed by atoms with Crippen molar-refractivity contribution >= 4 is 26.0 Å². The number of aliphatic carboxylic acids is 1. The van der Waals surface area contributed by atoms with Gasteiger partial charge in [0.05, 0.1) is 11.5 Å². The Kier molecular flexibility index (Phi) is 3.89. The normalized spacial score (nSPS) is 31.7. The summed E-state index contributed by atoms with van der Waals surface area (Å²) in [6.07, 6.45) is 1.03. The molecular formula is C11H20N2O6S2. The number of sulfonamides is 2. The average Bonchev–Trinajstić information content (AvgIpc) is 2.81. The van der Waals surface area contributed by atoms with Gasteiger partial charge in [0.1, 0.15) is 5.41 Å². The van der Waals surface area contributed by atoms with E-state index in [9.17, 15) is 26.7 Å². The van der Waals surface area contributed by atoms with E-state index in [0.29, 0.717) is 0 Å². The monoisotopic (exact) mass is 340 g/mol. The number of carboxylic acid groups (broad SMARTS) is 1. The highest BCUT2D eigenvalue weighted by atomic mass is 32.2. The Balaban J connectivity index is 2.34. The van der Waals surface area contributed by atoms with E-state index in [1.54, 1.807) is 13.8 Å². The van der Waals surface area contributed by atoms with Gasteiger partial charge < -0.3 is 5.11 Å². The lowest BCUT2D eigenvalue weighted by molar-refractivity contribution is -0.148. The molecular weight excluding hydrogens is 320 g/mol. The zero-order valence-electron chi connectivity index (χ0n) is 12.2. The van der Waals surface area contributed by atoms with Crippen LogP contribution in [0.5, 0.6) is 0 Å². The van der Waals surface area contributed by atoms with Gasteiger partial charge in [-0.15, -0.1) is 0 Å². The van der Waals surface area contributed by atoms with Crippen LogP contribution >= 0.6 is 0 Å². The van der Waals surface area contributed by atoms with E-state index in [2.05, 4.69) is 0 Å². The number of carboxylic acids is 1. The minimum absolute atomic E-state index is 0.0508. The molecule has 1 N–H and O–H groups in total. The zero-order valence-corrected chi connectivity index (χ0v) is 13.8. The molecule has 2 fully saturated rings. The molecule has 0 aromatic carbocycles. The molecule has 0 bridgehead atoms. The van der Waals surface area contributed by atoms with Gasteiger partial charge in [-0.3, -0.25) is 4.79 Å². The van der Waals surface area contributed by atoms with E-state index in [-0.39, 0.29) is 26.2 Å². The number of hydrogen-bond donors (Lipinski definition) is 1. The first kappa shape index (κ1) is 16.7.